The summed E-state index contributed by atoms with van der Waals surface area (Å²) in [6.07, 6.45) is 6.52. The molecule has 1 aliphatic rings. The monoisotopic (exact) mass is 305 g/mol. The highest BCUT2D eigenvalue weighted by molar-refractivity contribution is 5.76. The summed E-state index contributed by atoms with van der Waals surface area (Å²) in [4.78, 5) is 18.1. The molecule has 0 aromatic carbocycles. The highest BCUT2D eigenvalue weighted by Crippen LogP contribution is 2.15. The quantitative estimate of drug-likeness (QED) is 0.795. The number of hydrogen-bond donors (Lipinski definition) is 2. The number of aryl methyl sites for hydroxylation is 1. The van der Waals surface area contributed by atoms with Crippen LogP contribution in [0.25, 0.3) is 0 Å². The Hall–Kier alpha value is -1.46. The van der Waals surface area contributed by atoms with Gasteiger partial charge in [0.1, 0.15) is 0 Å². The van der Waals surface area contributed by atoms with Crippen LogP contribution in [0.5, 0.6) is 0 Å². The number of rotatable bonds is 7. The normalized spacial score (nSPS) is 18.1. The molecule has 22 heavy (non-hydrogen) atoms. The predicted molar refractivity (Wildman–Crippen MR) is 86.4 cm³/mol. The minimum atomic E-state index is -0.490. The minimum absolute atomic E-state index is 0.0184. The summed E-state index contributed by atoms with van der Waals surface area (Å²) >= 11 is 0. The maximum atomic E-state index is 11.8. The van der Waals surface area contributed by atoms with Crippen LogP contribution in [-0.4, -0.2) is 53.2 Å². The molecule has 1 fully saturated rings. The lowest BCUT2D eigenvalue weighted by atomic mass is 9.99. The van der Waals surface area contributed by atoms with Gasteiger partial charge in [-0.2, -0.15) is 0 Å². The third kappa shape index (κ3) is 6.12. The van der Waals surface area contributed by atoms with E-state index in [0.717, 1.165) is 24.6 Å². The van der Waals surface area contributed by atoms with Crippen molar-refractivity contribution in [1.29, 1.82) is 0 Å². The van der Waals surface area contributed by atoms with E-state index in [9.17, 15) is 9.90 Å². The molecule has 1 aliphatic heterocycles. The number of nitrogens with zero attached hydrogens (tertiary/aromatic N) is 2. The number of amides is 1. The zero-order valence-corrected chi connectivity index (χ0v) is 13.4. The lowest BCUT2D eigenvalue weighted by molar-refractivity contribution is -0.121. The smallest absolute Gasteiger partial charge is 0.220 e. The number of β-amino-alcohol motifs (C(OH)–C–C–N with tert-alkyl or cyclic N) is 1. The molecule has 0 saturated carbocycles. The van der Waals surface area contributed by atoms with Crippen molar-refractivity contribution in [2.24, 2.45) is 5.92 Å². The second kappa shape index (κ2) is 8.86. The van der Waals surface area contributed by atoms with Crippen molar-refractivity contribution < 1.29 is 9.90 Å². The van der Waals surface area contributed by atoms with Crippen LogP contribution in [0.15, 0.2) is 24.5 Å². The highest BCUT2D eigenvalue weighted by atomic mass is 16.3. The van der Waals surface area contributed by atoms with Crippen LogP contribution in [-0.2, 0) is 11.2 Å². The van der Waals surface area contributed by atoms with Crippen molar-refractivity contribution in [3.63, 3.8) is 0 Å². The number of carbonyl (C=O) groups excluding carboxylic acids is 1. The Bertz CT molecular complexity index is 444. The van der Waals surface area contributed by atoms with E-state index in [1.165, 1.54) is 12.8 Å². The van der Waals surface area contributed by atoms with Gasteiger partial charge >= 0.3 is 0 Å². The lowest BCUT2D eigenvalue weighted by Crippen LogP contribution is -2.43. The molecular weight excluding hydrogens is 278 g/mol. The number of aromatic nitrogens is 1. The van der Waals surface area contributed by atoms with Crippen LogP contribution in [0.2, 0.25) is 0 Å². The molecule has 1 saturated heterocycles. The molecule has 5 nitrogen and oxygen atoms in total. The molecular formula is C17H27N3O2. The van der Waals surface area contributed by atoms with E-state index < -0.39 is 6.10 Å². The molecule has 122 valence electrons. The number of hydrogen-bond acceptors (Lipinski definition) is 4. The van der Waals surface area contributed by atoms with Gasteiger partial charge in [-0.1, -0.05) is 13.0 Å². The van der Waals surface area contributed by atoms with Gasteiger partial charge in [-0.25, -0.2) is 0 Å². The van der Waals surface area contributed by atoms with Crippen LogP contribution in [0.3, 0.4) is 0 Å². The molecule has 1 atom stereocenters. The molecule has 2 rings (SSSR count). The Labute approximate surface area is 132 Å². The fourth-order valence-corrected chi connectivity index (χ4v) is 2.73. The van der Waals surface area contributed by atoms with Gasteiger partial charge < -0.3 is 15.3 Å². The van der Waals surface area contributed by atoms with Gasteiger partial charge in [-0.05, 0) is 49.9 Å². The SMILES string of the molecule is CC1CCN(C[C@@H](O)CNC(=O)CCc2cccnc2)CC1. The largest absolute Gasteiger partial charge is 0.390 e. The van der Waals surface area contributed by atoms with Gasteiger partial charge in [0, 0.05) is 31.9 Å². The summed E-state index contributed by atoms with van der Waals surface area (Å²) in [6.45, 7) is 5.35. The standard InChI is InChI=1S/C17H27N3O2/c1-14-6-9-20(10-7-14)13-16(21)12-19-17(22)5-4-15-3-2-8-18-11-15/h2-3,8,11,14,16,21H,4-7,9-10,12-13H2,1H3,(H,19,22)/t16-/m0/s1. The number of aliphatic hydroxyl groups excluding tert-OH is 1. The third-order valence-electron chi connectivity index (χ3n) is 4.24. The Kier molecular flexibility index (Phi) is 6.80. The second-order valence-corrected chi connectivity index (χ2v) is 6.30. The Balaban J connectivity index is 1.59. The Morgan fingerprint density at radius 1 is 1.50 bits per heavy atom. The molecule has 0 aliphatic carbocycles. The summed E-state index contributed by atoms with van der Waals surface area (Å²) in [5.74, 6) is 0.774. The number of piperidine rings is 1. The van der Waals surface area contributed by atoms with Gasteiger partial charge in [-0.3, -0.25) is 9.78 Å². The van der Waals surface area contributed by atoms with Crippen LogP contribution >= 0.6 is 0 Å². The van der Waals surface area contributed by atoms with E-state index in [-0.39, 0.29) is 5.91 Å². The van der Waals surface area contributed by atoms with E-state index in [4.69, 9.17) is 0 Å². The first kappa shape index (κ1) is 16.9. The molecule has 2 heterocycles. The van der Waals surface area contributed by atoms with Crippen molar-refractivity contribution in [3.05, 3.63) is 30.1 Å². The fourth-order valence-electron chi connectivity index (χ4n) is 2.73. The third-order valence-corrected chi connectivity index (χ3v) is 4.24. The maximum Gasteiger partial charge on any atom is 0.220 e. The first-order chi connectivity index (χ1) is 10.6. The van der Waals surface area contributed by atoms with E-state index in [1.54, 1.807) is 12.4 Å². The van der Waals surface area contributed by atoms with E-state index in [2.05, 4.69) is 22.1 Å². The molecule has 2 N–H and O–H groups in total. The fraction of sp³-hybridized carbons (Fsp3) is 0.647. The molecule has 0 unspecified atom stereocenters. The summed E-state index contributed by atoms with van der Waals surface area (Å²) in [7, 11) is 0. The molecule has 1 amide bonds. The first-order valence-corrected chi connectivity index (χ1v) is 8.19. The van der Waals surface area contributed by atoms with E-state index in [0.29, 0.717) is 25.9 Å². The van der Waals surface area contributed by atoms with Crippen LogP contribution < -0.4 is 5.32 Å². The number of aliphatic hydroxyl groups is 1. The average molecular weight is 305 g/mol. The van der Waals surface area contributed by atoms with Gasteiger partial charge in [0.05, 0.1) is 6.10 Å². The van der Waals surface area contributed by atoms with Crippen molar-refractivity contribution in [3.8, 4) is 0 Å². The van der Waals surface area contributed by atoms with E-state index >= 15 is 0 Å². The van der Waals surface area contributed by atoms with Crippen molar-refractivity contribution in [2.45, 2.75) is 38.7 Å². The molecule has 5 heteroatoms. The maximum absolute atomic E-state index is 11.8. The molecule has 1 aromatic heterocycles. The minimum Gasteiger partial charge on any atom is -0.390 e. The number of carbonyl (C=O) groups is 1. The number of pyridine rings is 1. The second-order valence-electron chi connectivity index (χ2n) is 6.30. The summed E-state index contributed by atoms with van der Waals surface area (Å²) in [5, 5.41) is 12.9. The average Bonchev–Trinajstić information content (AvgIpc) is 2.54. The summed E-state index contributed by atoms with van der Waals surface area (Å²) in [6, 6.07) is 3.84. The Morgan fingerprint density at radius 2 is 2.27 bits per heavy atom. The van der Waals surface area contributed by atoms with Gasteiger partial charge in [0.25, 0.3) is 0 Å². The molecule has 0 spiro atoms. The molecule has 0 bridgehead atoms. The van der Waals surface area contributed by atoms with Crippen LogP contribution in [0.1, 0.15) is 31.7 Å². The first-order valence-electron chi connectivity index (χ1n) is 8.19. The predicted octanol–water partition coefficient (Wildman–Crippen LogP) is 1.22. The number of likely N-dealkylation sites (tertiary alicyclic amines) is 1. The van der Waals surface area contributed by atoms with E-state index in [1.807, 2.05) is 12.1 Å². The van der Waals surface area contributed by atoms with Crippen molar-refractivity contribution >= 4 is 5.91 Å². The highest BCUT2D eigenvalue weighted by Gasteiger charge is 2.18. The van der Waals surface area contributed by atoms with Gasteiger partial charge in [0.2, 0.25) is 5.91 Å². The summed E-state index contributed by atoms with van der Waals surface area (Å²) < 4.78 is 0. The van der Waals surface area contributed by atoms with Crippen LogP contribution in [0.4, 0.5) is 0 Å². The molecule has 1 aromatic rings. The number of nitrogens with one attached hydrogen (secondary N) is 1. The zero-order chi connectivity index (χ0) is 15.8. The van der Waals surface area contributed by atoms with Crippen molar-refractivity contribution in [2.75, 3.05) is 26.2 Å². The zero-order valence-electron chi connectivity index (χ0n) is 13.4. The summed E-state index contributed by atoms with van der Waals surface area (Å²) in [5.41, 5.74) is 1.06. The van der Waals surface area contributed by atoms with Crippen LogP contribution in [0, 0.1) is 5.92 Å². The lowest BCUT2D eigenvalue weighted by Gasteiger charge is -2.31. The Morgan fingerprint density at radius 3 is 2.95 bits per heavy atom. The van der Waals surface area contributed by atoms with Gasteiger partial charge in [-0.15, -0.1) is 0 Å². The topological polar surface area (TPSA) is 65.5 Å². The van der Waals surface area contributed by atoms with Crippen molar-refractivity contribution in [1.82, 2.24) is 15.2 Å². The molecule has 0 radical (unpaired) electrons. The van der Waals surface area contributed by atoms with Gasteiger partial charge in [0.15, 0.2) is 0 Å².